The molecule has 3 nitrogen and oxygen atoms in total. The molecule has 0 aromatic heterocycles. The Morgan fingerprint density at radius 2 is 1.93 bits per heavy atom. The lowest BCUT2D eigenvalue weighted by atomic mass is 9.90. The second-order valence-electron chi connectivity index (χ2n) is 3.43. The van der Waals surface area contributed by atoms with Gasteiger partial charge in [-0.05, 0) is 19.1 Å². The molecule has 0 spiro atoms. The second-order valence-corrected chi connectivity index (χ2v) is 4.26. The first-order valence-corrected chi connectivity index (χ1v) is 6.49. The Hall–Kier alpha value is -0.510. The maximum absolute atomic E-state index is 8.95. The van der Waals surface area contributed by atoms with Crippen LogP contribution in [0.15, 0.2) is 4.99 Å². The van der Waals surface area contributed by atoms with E-state index < -0.39 is 0 Å². The molecule has 0 aromatic rings. The number of hydrogen-bond donors (Lipinski definition) is 0. The van der Waals surface area contributed by atoms with Crippen LogP contribution in [0.1, 0.15) is 32.1 Å². The van der Waals surface area contributed by atoms with Crippen LogP contribution < -0.4 is 0 Å². The summed E-state index contributed by atoms with van der Waals surface area (Å²) in [6.07, 6.45) is 9.12. The zero-order chi connectivity index (χ0) is 11.5. The zero-order valence-electron chi connectivity index (χ0n) is 9.86. The molecule has 1 aliphatic rings. The van der Waals surface area contributed by atoms with E-state index in [0.717, 1.165) is 5.92 Å². The Bertz CT molecular complexity index is 189. The van der Waals surface area contributed by atoms with Gasteiger partial charge in [-0.1, -0.05) is 19.3 Å². The number of carbonyl (C=O) groups is 1. The first kappa shape index (κ1) is 14.5. The van der Waals surface area contributed by atoms with Gasteiger partial charge in [-0.15, -0.1) is 11.8 Å². The quantitative estimate of drug-likeness (QED) is 0.417. The first-order chi connectivity index (χ1) is 7.29. The molecule has 4 heteroatoms. The van der Waals surface area contributed by atoms with Crippen molar-refractivity contribution in [2.45, 2.75) is 32.1 Å². The van der Waals surface area contributed by atoms with Crippen molar-refractivity contribution in [3.8, 4) is 0 Å². The SMILES string of the molecule is CN=C(SC)C1CCCCC1.COC=O. The van der Waals surface area contributed by atoms with Crippen molar-refractivity contribution in [3.05, 3.63) is 0 Å². The minimum absolute atomic E-state index is 0.375. The van der Waals surface area contributed by atoms with Crippen LogP contribution in [-0.2, 0) is 9.53 Å². The number of rotatable bonds is 2. The molecule has 0 saturated heterocycles. The molecule has 1 aliphatic carbocycles. The van der Waals surface area contributed by atoms with Crippen LogP contribution in [0.5, 0.6) is 0 Å². The molecule has 15 heavy (non-hydrogen) atoms. The highest BCUT2D eigenvalue weighted by Gasteiger charge is 2.17. The van der Waals surface area contributed by atoms with Gasteiger partial charge >= 0.3 is 0 Å². The van der Waals surface area contributed by atoms with Gasteiger partial charge in [0.25, 0.3) is 6.47 Å². The van der Waals surface area contributed by atoms with Crippen LogP contribution >= 0.6 is 11.8 Å². The van der Waals surface area contributed by atoms with Gasteiger partial charge in [-0.2, -0.15) is 0 Å². The third-order valence-corrected chi connectivity index (χ3v) is 3.41. The van der Waals surface area contributed by atoms with Crippen molar-refractivity contribution in [1.29, 1.82) is 0 Å². The van der Waals surface area contributed by atoms with Crippen LogP contribution in [0.3, 0.4) is 0 Å². The van der Waals surface area contributed by atoms with Gasteiger partial charge in [0.05, 0.1) is 12.2 Å². The zero-order valence-corrected chi connectivity index (χ0v) is 10.7. The molecular weight excluding hydrogens is 210 g/mol. The fraction of sp³-hybridized carbons (Fsp3) is 0.818. The highest BCUT2D eigenvalue weighted by atomic mass is 32.2. The molecule has 0 amide bonds. The summed E-state index contributed by atoms with van der Waals surface area (Å²) in [6.45, 7) is 0.375. The molecule has 0 aromatic carbocycles. The lowest BCUT2D eigenvalue weighted by Gasteiger charge is -2.21. The molecule has 0 atom stereocenters. The Morgan fingerprint density at radius 1 is 1.40 bits per heavy atom. The van der Waals surface area contributed by atoms with E-state index >= 15 is 0 Å². The fourth-order valence-corrected chi connectivity index (χ4v) is 2.54. The topological polar surface area (TPSA) is 38.7 Å². The van der Waals surface area contributed by atoms with Gasteiger partial charge in [0.1, 0.15) is 0 Å². The molecule has 0 aliphatic heterocycles. The maximum atomic E-state index is 8.95. The number of aliphatic imine (C=N–C) groups is 1. The normalized spacial score (nSPS) is 17.7. The molecular formula is C11H21NO2S. The lowest BCUT2D eigenvalue weighted by molar-refractivity contribution is -0.126. The second kappa shape index (κ2) is 10.0. The fourth-order valence-electron chi connectivity index (χ4n) is 1.79. The third kappa shape index (κ3) is 6.55. The van der Waals surface area contributed by atoms with Gasteiger partial charge in [0.15, 0.2) is 0 Å². The largest absolute Gasteiger partial charge is 0.471 e. The van der Waals surface area contributed by atoms with Crippen molar-refractivity contribution in [2.24, 2.45) is 10.9 Å². The van der Waals surface area contributed by atoms with Gasteiger partial charge in [-0.3, -0.25) is 9.79 Å². The monoisotopic (exact) mass is 231 g/mol. The van der Waals surface area contributed by atoms with Gasteiger partial charge in [0, 0.05) is 13.0 Å². The molecule has 0 unspecified atom stereocenters. The van der Waals surface area contributed by atoms with Crippen LogP contribution in [0, 0.1) is 5.92 Å². The van der Waals surface area contributed by atoms with Crippen LogP contribution in [-0.4, -0.2) is 31.9 Å². The van der Waals surface area contributed by atoms with E-state index in [0.29, 0.717) is 6.47 Å². The molecule has 88 valence electrons. The van der Waals surface area contributed by atoms with Gasteiger partial charge in [0.2, 0.25) is 0 Å². The molecule has 0 heterocycles. The van der Waals surface area contributed by atoms with Gasteiger partial charge < -0.3 is 4.74 Å². The number of methoxy groups -OCH3 is 1. The first-order valence-electron chi connectivity index (χ1n) is 5.27. The predicted octanol–water partition coefficient (Wildman–Crippen LogP) is 2.75. The van der Waals surface area contributed by atoms with E-state index in [2.05, 4.69) is 16.0 Å². The number of nitrogens with zero attached hydrogens (tertiary/aromatic N) is 1. The summed E-state index contributed by atoms with van der Waals surface area (Å²) < 4.78 is 3.86. The summed E-state index contributed by atoms with van der Waals surface area (Å²) in [7, 11) is 3.23. The lowest BCUT2D eigenvalue weighted by Crippen LogP contribution is -2.14. The minimum Gasteiger partial charge on any atom is -0.471 e. The van der Waals surface area contributed by atoms with Crippen LogP contribution in [0.4, 0.5) is 0 Å². The molecule has 1 fully saturated rings. The predicted molar refractivity (Wildman–Crippen MR) is 66.5 cm³/mol. The van der Waals surface area contributed by atoms with Crippen molar-refractivity contribution < 1.29 is 9.53 Å². The standard InChI is InChI=1S/C9H17NS.C2H4O2/c1-10-9(11-2)8-6-4-3-5-7-8;1-4-2-3/h8H,3-7H2,1-2H3;2H,1H3. The molecule has 1 rings (SSSR count). The molecule has 0 bridgehead atoms. The van der Waals surface area contributed by atoms with Crippen molar-refractivity contribution >= 4 is 23.3 Å². The number of carbonyl (C=O) groups excluding carboxylic acids is 1. The van der Waals surface area contributed by atoms with E-state index in [-0.39, 0.29) is 0 Å². The Kier molecular flexibility index (Phi) is 9.68. The van der Waals surface area contributed by atoms with Crippen molar-refractivity contribution in [3.63, 3.8) is 0 Å². The minimum atomic E-state index is 0.375. The van der Waals surface area contributed by atoms with E-state index in [9.17, 15) is 0 Å². The third-order valence-electron chi connectivity index (χ3n) is 2.48. The Labute approximate surface area is 96.7 Å². The number of thioether (sulfide) groups is 1. The molecule has 0 N–H and O–H groups in total. The molecule has 0 radical (unpaired) electrons. The number of hydrogen-bond acceptors (Lipinski definition) is 4. The summed E-state index contributed by atoms with van der Waals surface area (Å²) in [5.41, 5.74) is 0. The summed E-state index contributed by atoms with van der Waals surface area (Å²) in [5, 5.41) is 1.37. The Balaban J connectivity index is 0.000000423. The van der Waals surface area contributed by atoms with E-state index in [1.165, 1.54) is 44.3 Å². The highest BCUT2D eigenvalue weighted by molar-refractivity contribution is 8.13. The Morgan fingerprint density at radius 3 is 2.27 bits per heavy atom. The average molecular weight is 231 g/mol. The summed E-state index contributed by atoms with van der Waals surface area (Å²) in [6, 6.07) is 0. The molecule has 1 saturated carbocycles. The average Bonchev–Trinajstić information content (AvgIpc) is 2.32. The van der Waals surface area contributed by atoms with E-state index in [4.69, 9.17) is 4.79 Å². The van der Waals surface area contributed by atoms with Crippen LogP contribution in [0.2, 0.25) is 0 Å². The van der Waals surface area contributed by atoms with Crippen molar-refractivity contribution in [2.75, 3.05) is 20.4 Å². The highest BCUT2D eigenvalue weighted by Crippen LogP contribution is 2.27. The van der Waals surface area contributed by atoms with Crippen molar-refractivity contribution in [1.82, 2.24) is 0 Å². The van der Waals surface area contributed by atoms with Gasteiger partial charge in [-0.25, -0.2) is 0 Å². The summed E-state index contributed by atoms with van der Waals surface area (Å²) in [5.74, 6) is 0.795. The number of ether oxygens (including phenoxy) is 1. The summed E-state index contributed by atoms with van der Waals surface area (Å²) >= 11 is 1.83. The van der Waals surface area contributed by atoms with E-state index in [1.807, 2.05) is 18.8 Å². The summed E-state index contributed by atoms with van der Waals surface area (Å²) in [4.78, 5) is 13.3. The smallest absolute Gasteiger partial charge is 0.292 e. The van der Waals surface area contributed by atoms with Crippen LogP contribution in [0.25, 0.3) is 0 Å². The maximum Gasteiger partial charge on any atom is 0.292 e. The van der Waals surface area contributed by atoms with E-state index in [1.54, 1.807) is 0 Å².